The van der Waals surface area contributed by atoms with E-state index in [0.717, 1.165) is 16.9 Å². The third-order valence-corrected chi connectivity index (χ3v) is 3.82. The minimum absolute atomic E-state index is 0.00354. The summed E-state index contributed by atoms with van der Waals surface area (Å²) in [5.41, 5.74) is 3.37. The molecule has 0 saturated carbocycles. The van der Waals surface area contributed by atoms with Crippen molar-refractivity contribution in [3.63, 3.8) is 0 Å². The van der Waals surface area contributed by atoms with Crippen molar-refractivity contribution in [3.8, 4) is 5.75 Å². The van der Waals surface area contributed by atoms with Crippen LogP contribution in [0.5, 0.6) is 5.75 Å². The minimum Gasteiger partial charge on any atom is -0.483 e. The zero-order valence-corrected chi connectivity index (χ0v) is 14.4. The molecule has 0 spiro atoms. The first-order chi connectivity index (χ1) is 11.0. The molecule has 3 nitrogen and oxygen atoms in total. The van der Waals surface area contributed by atoms with Crippen molar-refractivity contribution in [1.29, 1.82) is 0 Å². The van der Waals surface area contributed by atoms with E-state index in [4.69, 9.17) is 4.74 Å². The van der Waals surface area contributed by atoms with Crippen LogP contribution in [-0.4, -0.2) is 23.5 Å². The Bertz CT molecular complexity index is 650. The summed E-state index contributed by atoms with van der Waals surface area (Å²) in [5.74, 6) is 0.774. The van der Waals surface area contributed by atoms with Crippen molar-refractivity contribution in [2.24, 2.45) is 0 Å². The molecule has 0 aromatic heterocycles. The summed E-state index contributed by atoms with van der Waals surface area (Å²) in [7, 11) is 0. The minimum atomic E-state index is 0.00354. The second-order valence-corrected chi connectivity index (χ2v) is 6.16. The standard InChI is InChI=1S/C20H25NO2/c1-15(2)21(13-18-8-6-5-7-9-18)20(22)14-23-19-11-10-16(3)12-17(19)4/h5-12,15H,13-14H2,1-4H3. The Balaban J connectivity index is 2.01. The highest BCUT2D eigenvalue weighted by Gasteiger charge is 2.18. The smallest absolute Gasteiger partial charge is 0.261 e. The number of hydrogen-bond donors (Lipinski definition) is 0. The van der Waals surface area contributed by atoms with Gasteiger partial charge in [0, 0.05) is 12.6 Å². The van der Waals surface area contributed by atoms with Gasteiger partial charge in [0.15, 0.2) is 6.61 Å². The fourth-order valence-corrected chi connectivity index (χ4v) is 2.52. The molecule has 0 aliphatic carbocycles. The summed E-state index contributed by atoms with van der Waals surface area (Å²) in [5, 5.41) is 0. The molecular weight excluding hydrogens is 286 g/mol. The third kappa shape index (κ3) is 4.85. The van der Waals surface area contributed by atoms with Crippen LogP contribution in [0.25, 0.3) is 0 Å². The monoisotopic (exact) mass is 311 g/mol. The Morgan fingerprint density at radius 2 is 1.78 bits per heavy atom. The molecule has 0 bridgehead atoms. The van der Waals surface area contributed by atoms with Gasteiger partial charge in [0.1, 0.15) is 5.75 Å². The van der Waals surface area contributed by atoms with E-state index >= 15 is 0 Å². The lowest BCUT2D eigenvalue weighted by Gasteiger charge is -2.27. The van der Waals surface area contributed by atoms with Gasteiger partial charge in [-0.15, -0.1) is 0 Å². The lowest BCUT2D eigenvalue weighted by molar-refractivity contribution is -0.135. The summed E-state index contributed by atoms with van der Waals surface area (Å²) in [6, 6.07) is 16.1. The van der Waals surface area contributed by atoms with Gasteiger partial charge in [-0.05, 0) is 44.9 Å². The molecule has 0 radical (unpaired) electrons. The highest BCUT2D eigenvalue weighted by molar-refractivity contribution is 5.78. The Kier molecular flexibility index (Phi) is 5.80. The van der Waals surface area contributed by atoms with E-state index in [2.05, 4.69) is 6.07 Å². The van der Waals surface area contributed by atoms with Gasteiger partial charge in [0.25, 0.3) is 5.91 Å². The molecule has 0 N–H and O–H groups in total. The predicted octanol–water partition coefficient (Wildman–Crippen LogP) is 4.12. The number of carbonyl (C=O) groups excluding carboxylic acids is 1. The molecule has 0 aliphatic heterocycles. The molecular formula is C20H25NO2. The first-order valence-corrected chi connectivity index (χ1v) is 8.01. The SMILES string of the molecule is Cc1ccc(OCC(=O)N(Cc2ccccc2)C(C)C)c(C)c1. The molecule has 1 amide bonds. The molecule has 2 aromatic rings. The topological polar surface area (TPSA) is 29.5 Å². The highest BCUT2D eigenvalue weighted by Crippen LogP contribution is 2.19. The molecule has 3 heteroatoms. The lowest BCUT2D eigenvalue weighted by Crippen LogP contribution is -2.39. The van der Waals surface area contributed by atoms with Crippen LogP contribution in [0.1, 0.15) is 30.5 Å². The van der Waals surface area contributed by atoms with Gasteiger partial charge in [-0.1, -0.05) is 48.0 Å². The highest BCUT2D eigenvalue weighted by atomic mass is 16.5. The zero-order chi connectivity index (χ0) is 16.8. The van der Waals surface area contributed by atoms with Crippen molar-refractivity contribution in [2.75, 3.05) is 6.61 Å². The van der Waals surface area contributed by atoms with Crippen molar-refractivity contribution < 1.29 is 9.53 Å². The van der Waals surface area contributed by atoms with Gasteiger partial charge in [-0.2, -0.15) is 0 Å². The molecule has 0 atom stereocenters. The molecule has 122 valence electrons. The fourth-order valence-electron chi connectivity index (χ4n) is 2.52. The summed E-state index contributed by atoms with van der Waals surface area (Å²) in [6.45, 7) is 8.76. The van der Waals surface area contributed by atoms with Gasteiger partial charge < -0.3 is 9.64 Å². The summed E-state index contributed by atoms with van der Waals surface area (Å²) in [6.07, 6.45) is 0. The molecule has 0 saturated heterocycles. The van der Waals surface area contributed by atoms with E-state index in [9.17, 15) is 4.79 Å². The molecule has 0 heterocycles. The van der Waals surface area contributed by atoms with Gasteiger partial charge in [-0.25, -0.2) is 0 Å². The quantitative estimate of drug-likeness (QED) is 0.803. The maximum absolute atomic E-state index is 12.5. The van der Waals surface area contributed by atoms with Crippen molar-refractivity contribution >= 4 is 5.91 Å². The number of hydrogen-bond acceptors (Lipinski definition) is 2. The van der Waals surface area contributed by atoms with Crippen molar-refractivity contribution in [1.82, 2.24) is 4.90 Å². The maximum Gasteiger partial charge on any atom is 0.261 e. The molecule has 23 heavy (non-hydrogen) atoms. The van der Waals surface area contributed by atoms with Crippen LogP contribution in [0, 0.1) is 13.8 Å². The lowest BCUT2D eigenvalue weighted by atomic mass is 10.1. The maximum atomic E-state index is 12.5. The predicted molar refractivity (Wildman–Crippen MR) is 93.5 cm³/mol. The van der Waals surface area contributed by atoms with Crippen LogP contribution in [0.2, 0.25) is 0 Å². The normalized spacial score (nSPS) is 10.7. The number of ether oxygens (including phenoxy) is 1. The van der Waals surface area contributed by atoms with Crippen LogP contribution >= 0.6 is 0 Å². The number of carbonyl (C=O) groups is 1. The number of rotatable bonds is 6. The average molecular weight is 311 g/mol. The van der Waals surface area contributed by atoms with Crippen LogP contribution in [-0.2, 0) is 11.3 Å². The zero-order valence-electron chi connectivity index (χ0n) is 14.4. The Labute approximate surface area is 138 Å². The van der Waals surface area contributed by atoms with Crippen LogP contribution < -0.4 is 4.74 Å². The molecule has 0 unspecified atom stereocenters. The van der Waals surface area contributed by atoms with E-state index in [1.54, 1.807) is 0 Å². The third-order valence-electron chi connectivity index (χ3n) is 3.82. The van der Waals surface area contributed by atoms with Gasteiger partial charge >= 0.3 is 0 Å². The first kappa shape index (κ1) is 17.1. The summed E-state index contributed by atoms with van der Waals surface area (Å²) >= 11 is 0. The van der Waals surface area contributed by atoms with Crippen LogP contribution in [0.4, 0.5) is 0 Å². The number of aryl methyl sites for hydroxylation is 2. The summed E-state index contributed by atoms with van der Waals surface area (Å²) in [4.78, 5) is 14.4. The second kappa shape index (κ2) is 7.82. The molecule has 2 aromatic carbocycles. The Hall–Kier alpha value is -2.29. The summed E-state index contributed by atoms with van der Waals surface area (Å²) < 4.78 is 5.73. The fraction of sp³-hybridized carbons (Fsp3) is 0.350. The average Bonchev–Trinajstić information content (AvgIpc) is 2.52. The molecule has 0 fully saturated rings. The number of benzene rings is 2. The van der Waals surface area contributed by atoms with E-state index in [1.165, 1.54) is 5.56 Å². The largest absolute Gasteiger partial charge is 0.483 e. The number of amides is 1. The van der Waals surface area contributed by atoms with Crippen molar-refractivity contribution in [2.45, 2.75) is 40.3 Å². The van der Waals surface area contributed by atoms with Gasteiger partial charge in [0.2, 0.25) is 0 Å². The molecule has 2 rings (SSSR count). The van der Waals surface area contributed by atoms with Gasteiger partial charge in [0.05, 0.1) is 0 Å². The Morgan fingerprint density at radius 1 is 1.09 bits per heavy atom. The Morgan fingerprint density at radius 3 is 2.39 bits per heavy atom. The van der Waals surface area contributed by atoms with E-state index in [-0.39, 0.29) is 18.6 Å². The second-order valence-electron chi connectivity index (χ2n) is 6.16. The van der Waals surface area contributed by atoms with Crippen LogP contribution in [0.15, 0.2) is 48.5 Å². The number of nitrogens with zero attached hydrogens (tertiary/aromatic N) is 1. The van der Waals surface area contributed by atoms with Gasteiger partial charge in [-0.3, -0.25) is 4.79 Å². The van der Waals surface area contributed by atoms with E-state index in [1.807, 2.05) is 75.1 Å². The van der Waals surface area contributed by atoms with E-state index in [0.29, 0.717) is 6.54 Å². The first-order valence-electron chi connectivity index (χ1n) is 8.01. The van der Waals surface area contributed by atoms with Crippen molar-refractivity contribution in [3.05, 3.63) is 65.2 Å². The van der Waals surface area contributed by atoms with E-state index < -0.39 is 0 Å². The van der Waals surface area contributed by atoms with Crippen LogP contribution in [0.3, 0.4) is 0 Å². The molecule has 0 aliphatic rings.